The highest BCUT2D eigenvalue weighted by Gasteiger charge is 2.37. The second kappa shape index (κ2) is 10.6. The van der Waals surface area contributed by atoms with Crippen molar-refractivity contribution in [1.82, 2.24) is 30.1 Å². The molecule has 0 saturated heterocycles. The molecule has 0 radical (unpaired) electrons. The Hall–Kier alpha value is -5.02. The number of rotatable bonds is 6. The minimum absolute atomic E-state index is 0.0269. The molecule has 10 nitrogen and oxygen atoms in total. The molecule has 0 saturated carbocycles. The third kappa shape index (κ3) is 5.44. The Balaban J connectivity index is 1.24. The lowest BCUT2D eigenvalue weighted by atomic mass is 9.99. The predicted octanol–water partition coefficient (Wildman–Crippen LogP) is 7.07. The molecule has 226 valence electrons. The minimum Gasteiger partial charge on any atom is -0.462 e. The number of alkyl halides is 3. The minimum atomic E-state index is -4.75. The van der Waals surface area contributed by atoms with Crippen LogP contribution in [0.3, 0.4) is 0 Å². The van der Waals surface area contributed by atoms with E-state index in [-0.39, 0.29) is 10.9 Å². The van der Waals surface area contributed by atoms with Crippen molar-refractivity contribution < 1.29 is 30.8 Å². The summed E-state index contributed by atoms with van der Waals surface area (Å²) in [5.74, 6) is -1.64. The van der Waals surface area contributed by atoms with Crippen molar-refractivity contribution in [3.8, 4) is 27.9 Å². The number of para-hydroxylation sites is 1. The van der Waals surface area contributed by atoms with Crippen molar-refractivity contribution in [1.29, 1.82) is 0 Å². The smallest absolute Gasteiger partial charge is 0.455 e. The van der Waals surface area contributed by atoms with Gasteiger partial charge >= 0.3 is 6.18 Å². The number of aromatic nitrogens is 6. The third-order valence-corrected chi connectivity index (χ3v) is 8.85. The van der Waals surface area contributed by atoms with Crippen LogP contribution in [0.5, 0.6) is 5.19 Å². The molecule has 2 aromatic carbocycles. The Kier molecular flexibility index (Phi) is 6.74. The Morgan fingerprint density at radius 1 is 0.933 bits per heavy atom. The van der Waals surface area contributed by atoms with E-state index in [2.05, 4.69) is 25.1 Å². The maximum Gasteiger partial charge on any atom is 0.455 e. The molecule has 45 heavy (non-hydrogen) atoms. The van der Waals surface area contributed by atoms with Gasteiger partial charge < -0.3 is 9.26 Å². The quantitative estimate of drug-likeness (QED) is 0.172. The van der Waals surface area contributed by atoms with E-state index in [1.807, 2.05) is 37.3 Å². The zero-order valence-corrected chi connectivity index (χ0v) is 24.9. The molecule has 7 rings (SSSR count). The normalized spacial score (nSPS) is 13.1. The van der Waals surface area contributed by atoms with Gasteiger partial charge in [0.05, 0.1) is 16.7 Å². The number of hydrogen-bond donors (Lipinski definition) is 0. The monoisotopic (exact) mass is 648 g/mol. The van der Waals surface area contributed by atoms with Crippen LogP contribution >= 0.6 is 11.3 Å². The molecule has 0 spiro atoms. The molecule has 1 unspecified atom stereocenters. The largest absolute Gasteiger partial charge is 0.462 e. The molecule has 0 aliphatic heterocycles. The summed E-state index contributed by atoms with van der Waals surface area (Å²) in [5.41, 5.74) is 3.99. The van der Waals surface area contributed by atoms with Crippen molar-refractivity contribution in [3.63, 3.8) is 0 Å². The second-order valence-corrected chi connectivity index (χ2v) is 13.0. The molecule has 0 aliphatic carbocycles. The fourth-order valence-electron chi connectivity index (χ4n) is 4.82. The highest BCUT2D eigenvalue weighted by molar-refractivity contribution is 7.90. The maximum absolute atomic E-state index is 13.2. The number of ether oxygens (including phenoxy) is 1. The van der Waals surface area contributed by atoms with Gasteiger partial charge in [0.15, 0.2) is 14.9 Å². The maximum atomic E-state index is 13.2. The molecular weight excluding hydrogens is 629 g/mol. The number of sulfone groups is 1. The molecule has 5 aromatic heterocycles. The highest BCUT2D eigenvalue weighted by atomic mass is 32.2. The van der Waals surface area contributed by atoms with Gasteiger partial charge in [-0.2, -0.15) is 18.2 Å². The molecule has 0 bridgehead atoms. The van der Waals surface area contributed by atoms with Crippen molar-refractivity contribution in [2.24, 2.45) is 0 Å². The van der Waals surface area contributed by atoms with Crippen LogP contribution in [0.15, 0.2) is 82.5 Å². The molecule has 0 N–H and O–H groups in total. The molecule has 7 aromatic rings. The zero-order chi connectivity index (χ0) is 31.5. The first-order valence-electron chi connectivity index (χ1n) is 13.3. The van der Waals surface area contributed by atoms with Crippen LogP contribution in [0.2, 0.25) is 0 Å². The fourth-order valence-corrected chi connectivity index (χ4v) is 6.24. The number of nitrogens with zero attached hydrogens (tertiary/aromatic N) is 6. The van der Waals surface area contributed by atoms with Crippen molar-refractivity contribution >= 4 is 53.3 Å². The lowest BCUT2D eigenvalue weighted by molar-refractivity contribution is -0.146. The fraction of sp³-hybridized carbons (Fsp3) is 0.133. The van der Waals surface area contributed by atoms with Crippen molar-refractivity contribution in [2.45, 2.75) is 24.2 Å². The first-order valence-corrected chi connectivity index (χ1v) is 16.0. The van der Waals surface area contributed by atoms with Crippen LogP contribution in [-0.4, -0.2) is 44.8 Å². The van der Waals surface area contributed by atoms with Crippen molar-refractivity contribution in [3.05, 3.63) is 84.3 Å². The van der Waals surface area contributed by atoms with Crippen LogP contribution in [0.1, 0.15) is 24.4 Å². The van der Waals surface area contributed by atoms with Gasteiger partial charge in [-0.15, -0.1) is 0 Å². The lowest BCUT2D eigenvalue weighted by Gasteiger charge is -2.16. The van der Waals surface area contributed by atoms with E-state index < -0.39 is 27.9 Å². The summed E-state index contributed by atoms with van der Waals surface area (Å²) in [5, 5.41) is 4.73. The average Bonchev–Trinajstić information content (AvgIpc) is 3.66. The van der Waals surface area contributed by atoms with Crippen LogP contribution < -0.4 is 4.74 Å². The van der Waals surface area contributed by atoms with Gasteiger partial charge in [0, 0.05) is 39.9 Å². The summed E-state index contributed by atoms with van der Waals surface area (Å²) in [7, 11) is -3.43. The molecular formula is C30H19F3N6O4S2. The zero-order valence-electron chi connectivity index (χ0n) is 23.3. The number of pyridine rings is 3. The third-order valence-electron chi connectivity index (χ3n) is 6.99. The Morgan fingerprint density at radius 3 is 2.49 bits per heavy atom. The second-order valence-electron chi connectivity index (χ2n) is 10.1. The summed E-state index contributed by atoms with van der Waals surface area (Å²) in [4.78, 5) is 22.3. The number of benzene rings is 2. The molecule has 0 amide bonds. The Morgan fingerprint density at radius 2 is 1.76 bits per heavy atom. The number of halogens is 3. The number of fused-ring (bicyclic) bond motifs is 3. The van der Waals surface area contributed by atoms with Crippen LogP contribution in [0.4, 0.5) is 13.2 Å². The lowest BCUT2D eigenvalue weighted by Crippen LogP contribution is -2.07. The topological polar surface area (TPSA) is 134 Å². The van der Waals surface area contributed by atoms with E-state index in [9.17, 15) is 21.6 Å². The average molecular weight is 649 g/mol. The predicted molar refractivity (Wildman–Crippen MR) is 160 cm³/mol. The van der Waals surface area contributed by atoms with Gasteiger partial charge in [0.2, 0.25) is 0 Å². The SMILES string of the molecule is CC(Oc1nc2ccc(-c3ccc(S(C)(=O)=O)nc3)nc2s1)c1ccc(-c2nc(C(F)(F)F)no2)c2cc3ccccc3nc12. The van der Waals surface area contributed by atoms with Gasteiger partial charge in [-0.3, -0.25) is 0 Å². The van der Waals surface area contributed by atoms with Crippen LogP contribution in [-0.2, 0) is 16.0 Å². The molecule has 15 heteroatoms. The van der Waals surface area contributed by atoms with Crippen molar-refractivity contribution in [2.75, 3.05) is 6.26 Å². The van der Waals surface area contributed by atoms with E-state index in [1.165, 1.54) is 23.6 Å². The summed E-state index contributed by atoms with van der Waals surface area (Å²) < 4.78 is 74.4. The van der Waals surface area contributed by atoms with E-state index >= 15 is 0 Å². The summed E-state index contributed by atoms with van der Waals surface area (Å²) in [6.07, 6.45) is -2.78. The molecule has 1 atom stereocenters. The molecule has 0 aliphatic rings. The Bertz CT molecular complexity index is 2360. The number of thiazole rings is 1. The van der Waals surface area contributed by atoms with Crippen LogP contribution in [0, 0.1) is 0 Å². The van der Waals surface area contributed by atoms with Gasteiger partial charge in [-0.25, -0.2) is 28.4 Å². The summed E-state index contributed by atoms with van der Waals surface area (Å²) in [6.45, 7) is 1.82. The van der Waals surface area contributed by atoms with E-state index in [4.69, 9.17) is 14.2 Å². The van der Waals surface area contributed by atoms with E-state index in [0.29, 0.717) is 54.3 Å². The van der Waals surface area contributed by atoms with Gasteiger partial charge in [0.1, 0.15) is 16.5 Å². The first kappa shape index (κ1) is 28.7. The molecule has 5 heterocycles. The highest BCUT2D eigenvalue weighted by Crippen LogP contribution is 2.38. The van der Waals surface area contributed by atoms with Gasteiger partial charge in [-0.05, 0) is 49.4 Å². The molecule has 0 fully saturated rings. The number of hydrogen-bond acceptors (Lipinski definition) is 11. The van der Waals surface area contributed by atoms with Gasteiger partial charge in [-0.1, -0.05) is 40.8 Å². The van der Waals surface area contributed by atoms with E-state index in [1.54, 1.807) is 30.3 Å². The van der Waals surface area contributed by atoms with Crippen LogP contribution in [0.25, 0.3) is 54.9 Å². The summed E-state index contributed by atoms with van der Waals surface area (Å²) in [6, 6.07) is 19.1. The Labute approximate surface area is 256 Å². The summed E-state index contributed by atoms with van der Waals surface area (Å²) >= 11 is 1.23. The first-order chi connectivity index (χ1) is 21.4. The standard InChI is InChI=1S/C30H19F3N6O4S2/c1-15(42-29-37-23-11-10-22(36-27(23)44-29)17-7-12-24(34-14-17)45(2,40)41)18-8-9-19(26-38-28(39-43-26)30(31,32)33)20-13-16-5-3-4-6-21(16)35-25(18)20/h3-15H,1-2H3. The van der Waals surface area contributed by atoms with E-state index in [0.717, 1.165) is 11.6 Å². The van der Waals surface area contributed by atoms with Gasteiger partial charge in [0.25, 0.3) is 16.9 Å².